The first-order valence-electron chi connectivity index (χ1n) is 13.8. The molecule has 6 nitrogen and oxygen atoms in total. The van der Waals surface area contributed by atoms with E-state index in [2.05, 4.69) is 31.0 Å². The number of hydrogen-bond acceptors (Lipinski definition) is 5. The largest absolute Gasteiger partial charge is 0.496 e. The number of nitrogens with zero attached hydrogens (tertiary/aromatic N) is 3. The maximum absolute atomic E-state index is 13.3. The van der Waals surface area contributed by atoms with E-state index < -0.39 is 30.0 Å². The SMILES string of the molecule is C=C.CCCc1ccc(OC)c(-c2ccc(N3CCC3)nc2CN2C(=O)OC(c3cccc(C(F)(F)F)c3)C2C)c1. The normalized spacial score (nSPS) is 18.3. The molecule has 0 aliphatic carbocycles. The molecule has 2 unspecified atom stereocenters. The first-order chi connectivity index (χ1) is 19.7. The van der Waals surface area contributed by atoms with Crippen molar-refractivity contribution in [1.29, 1.82) is 0 Å². The number of carbonyl (C=O) groups excluding carboxylic acids is 1. The lowest BCUT2D eigenvalue weighted by Gasteiger charge is -2.33. The minimum Gasteiger partial charge on any atom is -0.496 e. The predicted molar refractivity (Wildman–Crippen MR) is 154 cm³/mol. The molecule has 0 saturated carbocycles. The molecule has 2 aromatic carbocycles. The molecule has 9 heteroatoms. The Kier molecular flexibility index (Phi) is 9.25. The van der Waals surface area contributed by atoms with Crippen molar-refractivity contribution in [2.24, 2.45) is 0 Å². The fraction of sp³-hybridized carbons (Fsp3) is 0.375. The highest BCUT2D eigenvalue weighted by molar-refractivity contribution is 5.76. The van der Waals surface area contributed by atoms with Gasteiger partial charge in [-0.15, -0.1) is 13.2 Å². The van der Waals surface area contributed by atoms with E-state index in [1.807, 2.05) is 24.3 Å². The molecule has 3 heterocycles. The fourth-order valence-corrected chi connectivity index (χ4v) is 5.20. The molecule has 0 bridgehead atoms. The third-order valence-corrected chi connectivity index (χ3v) is 7.49. The lowest BCUT2D eigenvalue weighted by molar-refractivity contribution is -0.137. The summed E-state index contributed by atoms with van der Waals surface area (Å²) in [6.45, 7) is 11.9. The number of rotatable bonds is 8. The van der Waals surface area contributed by atoms with Gasteiger partial charge in [0, 0.05) is 24.2 Å². The maximum atomic E-state index is 13.3. The fourth-order valence-electron chi connectivity index (χ4n) is 5.20. The second-order valence-electron chi connectivity index (χ2n) is 10.1. The lowest BCUT2D eigenvalue weighted by atomic mass is 9.97. The van der Waals surface area contributed by atoms with E-state index >= 15 is 0 Å². The molecule has 2 fully saturated rings. The zero-order valence-electron chi connectivity index (χ0n) is 23.7. The van der Waals surface area contributed by atoms with E-state index in [9.17, 15) is 18.0 Å². The third kappa shape index (κ3) is 6.34. The van der Waals surface area contributed by atoms with E-state index in [4.69, 9.17) is 14.5 Å². The van der Waals surface area contributed by atoms with Gasteiger partial charge in [-0.05, 0) is 67.3 Å². The van der Waals surface area contributed by atoms with Gasteiger partial charge in [-0.1, -0.05) is 31.5 Å². The molecule has 2 saturated heterocycles. The molecule has 0 radical (unpaired) electrons. The average molecular weight is 568 g/mol. The highest BCUT2D eigenvalue weighted by Gasteiger charge is 2.41. The predicted octanol–water partition coefficient (Wildman–Crippen LogP) is 7.82. The van der Waals surface area contributed by atoms with E-state index in [1.54, 1.807) is 25.0 Å². The number of hydrogen-bond donors (Lipinski definition) is 0. The molecule has 1 aromatic heterocycles. The molecule has 0 N–H and O–H groups in total. The van der Waals surface area contributed by atoms with Crippen LogP contribution >= 0.6 is 0 Å². The van der Waals surface area contributed by atoms with Crippen molar-refractivity contribution in [3.05, 3.63) is 90.1 Å². The zero-order valence-corrected chi connectivity index (χ0v) is 23.7. The van der Waals surface area contributed by atoms with Gasteiger partial charge < -0.3 is 14.4 Å². The number of ether oxygens (including phenoxy) is 2. The molecule has 3 aromatic rings. The number of aryl methyl sites for hydroxylation is 1. The second kappa shape index (κ2) is 12.7. The smallest absolute Gasteiger partial charge is 0.416 e. The van der Waals surface area contributed by atoms with Crippen molar-refractivity contribution in [3.8, 4) is 16.9 Å². The van der Waals surface area contributed by atoms with Crippen LogP contribution in [0.25, 0.3) is 11.1 Å². The van der Waals surface area contributed by atoms with Crippen LogP contribution in [0.15, 0.2) is 67.8 Å². The van der Waals surface area contributed by atoms with Crippen molar-refractivity contribution >= 4 is 11.9 Å². The Bertz CT molecular complexity index is 1370. The highest BCUT2D eigenvalue weighted by Crippen LogP contribution is 2.39. The number of anilines is 1. The topological polar surface area (TPSA) is 54.9 Å². The van der Waals surface area contributed by atoms with Crippen LogP contribution in [0.1, 0.15) is 55.2 Å². The van der Waals surface area contributed by atoms with Gasteiger partial charge in [0.15, 0.2) is 0 Å². The summed E-state index contributed by atoms with van der Waals surface area (Å²) in [5.41, 5.74) is 3.12. The second-order valence-corrected chi connectivity index (χ2v) is 10.1. The molecule has 2 atom stereocenters. The molecule has 2 aliphatic rings. The molecular weight excluding hydrogens is 531 g/mol. The number of amides is 1. The molecule has 1 amide bonds. The highest BCUT2D eigenvalue weighted by atomic mass is 19.4. The number of carbonyl (C=O) groups is 1. The number of cyclic esters (lactones) is 1. The molecule has 218 valence electrons. The Hall–Kier alpha value is -4.01. The van der Waals surface area contributed by atoms with Gasteiger partial charge in [0.25, 0.3) is 0 Å². The summed E-state index contributed by atoms with van der Waals surface area (Å²) < 4.78 is 51.3. The Labute approximate surface area is 239 Å². The molecule has 5 rings (SSSR count). The standard InChI is InChI=1S/C30H32F3N3O3.C2H4/c1-4-7-20-10-12-26(38-3)24(16-20)23-11-13-27(35-14-6-15-35)34-25(23)18-36-19(2)28(39-29(36)37)21-8-5-9-22(17-21)30(31,32)33;1-2/h5,8-13,16-17,19,28H,4,6-7,14-15,18H2,1-3H3;1-2H2. The van der Waals surface area contributed by atoms with Gasteiger partial charge in [-0.2, -0.15) is 13.2 Å². The average Bonchev–Trinajstić information content (AvgIpc) is 3.21. The van der Waals surface area contributed by atoms with Crippen LogP contribution in [0.2, 0.25) is 0 Å². The number of alkyl halides is 3. The van der Waals surface area contributed by atoms with Gasteiger partial charge in [-0.3, -0.25) is 4.90 Å². The minimum absolute atomic E-state index is 0.146. The van der Waals surface area contributed by atoms with Crippen LogP contribution in [0.5, 0.6) is 5.75 Å². The van der Waals surface area contributed by atoms with Crippen LogP contribution in [-0.4, -0.2) is 42.2 Å². The van der Waals surface area contributed by atoms with E-state index in [1.165, 1.54) is 11.6 Å². The van der Waals surface area contributed by atoms with Crippen molar-refractivity contribution < 1.29 is 27.4 Å². The first kappa shape index (κ1) is 30.0. The maximum Gasteiger partial charge on any atom is 0.416 e. The number of methoxy groups -OCH3 is 1. The lowest BCUT2D eigenvalue weighted by Crippen LogP contribution is -2.38. The van der Waals surface area contributed by atoms with Crippen molar-refractivity contribution in [3.63, 3.8) is 0 Å². The van der Waals surface area contributed by atoms with Crippen molar-refractivity contribution in [2.45, 2.75) is 58.0 Å². The summed E-state index contributed by atoms with van der Waals surface area (Å²) in [5, 5.41) is 0. The van der Waals surface area contributed by atoms with E-state index in [0.29, 0.717) is 17.0 Å². The summed E-state index contributed by atoms with van der Waals surface area (Å²) in [6.07, 6.45) is -2.88. The van der Waals surface area contributed by atoms with Crippen molar-refractivity contribution in [2.75, 3.05) is 25.1 Å². The Morgan fingerprint density at radius 1 is 1.07 bits per heavy atom. The monoisotopic (exact) mass is 567 g/mol. The van der Waals surface area contributed by atoms with E-state index in [-0.39, 0.29) is 6.54 Å². The van der Waals surface area contributed by atoms with Crippen molar-refractivity contribution in [1.82, 2.24) is 9.88 Å². The zero-order chi connectivity index (χ0) is 29.7. The number of benzene rings is 2. The summed E-state index contributed by atoms with van der Waals surface area (Å²) in [4.78, 5) is 21.8. The molecular formula is C32H36F3N3O3. The van der Waals surface area contributed by atoms with Gasteiger partial charge in [0.05, 0.1) is 31.0 Å². The first-order valence-corrected chi connectivity index (χ1v) is 13.8. The van der Waals surface area contributed by atoms with Gasteiger partial charge in [-0.25, -0.2) is 9.78 Å². The third-order valence-electron chi connectivity index (χ3n) is 7.49. The minimum atomic E-state index is -4.48. The van der Waals surface area contributed by atoms with Crippen LogP contribution in [0.4, 0.5) is 23.8 Å². The van der Waals surface area contributed by atoms with Crippen LogP contribution in [0.3, 0.4) is 0 Å². The Balaban J connectivity index is 0.00000189. The van der Waals surface area contributed by atoms with Gasteiger partial charge >= 0.3 is 12.3 Å². The Morgan fingerprint density at radius 3 is 2.46 bits per heavy atom. The summed E-state index contributed by atoms with van der Waals surface area (Å²) in [6, 6.07) is 14.6. The number of halogens is 3. The number of pyridine rings is 1. The van der Waals surface area contributed by atoms with Gasteiger partial charge in [0.1, 0.15) is 17.7 Å². The number of aromatic nitrogens is 1. The summed E-state index contributed by atoms with van der Waals surface area (Å²) in [5.74, 6) is 1.53. The van der Waals surface area contributed by atoms with Crippen LogP contribution < -0.4 is 9.64 Å². The van der Waals surface area contributed by atoms with Crippen LogP contribution in [0, 0.1) is 0 Å². The van der Waals surface area contributed by atoms with Gasteiger partial charge in [0.2, 0.25) is 0 Å². The van der Waals surface area contributed by atoms with E-state index in [0.717, 1.165) is 61.4 Å². The molecule has 2 aliphatic heterocycles. The quantitative estimate of drug-likeness (QED) is 0.260. The van der Waals surface area contributed by atoms with Crippen LogP contribution in [-0.2, 0) is 23.9 Å². The summed E-state index contributed by atoms with van der Waals surface area (Å²) >= 11 is 0. The summed E-state index contributed by atoms with van der Waals surface area (Å²) in [7, 11) is 1.62. The molecule has 0 spiro atoms. The Morgan fingerprint density at radius 2 is 1.83 bits per heavy atom. The molecule has 41 heavy (non-hydrogen) atoms.